The van der Waals surface area contributed by atoms with E-state index in [-0.39, 0.29) is 24.0 Å². The summed E-state index contributed by atoms with van der Waals surface area (Å²) >= 11 is 3.37. The first-order chi connectivity index (χ1) is 9.45. The zero-order valence-corrected chi connectivity index (χ0v) is 13.0. The molecule has 1 aromatic carbocycles. The number of hydrogen-bond donors (Lipinski definition) is 2. The van der Waals surface area contributed by atoms with Gasteiger partial charge in [0.2, 0.25) is 5.91 Å². The predicted molar refractivity (Wildman–Crippen MR) is 78.8 cm³/mol. The molecule has 1 aromatic rings. The first kappa shape index (κ1) is 14.8. The molecule has 2 rings (SSSR count). The molecule has 1 aliphatic rings. The number of carbonyl (C=O) groups is 2. The van der Waals surface area contributed by atoms with Crippen molar-refractivity contribution in [2.75, 3.05) is 6.54 Å². The second-order valence-electron chi connectivity index (χ2n) is 4.99. The van der Waals surface area contributed by atoms with Gasteiger partial charge in [0.25, 0.3) is 5.91 Å². The normalized spacial score (nSPS) is 18.0. The van der Waals surface area contributed by atoms with Crippen LogP contribution in [0.2, 0.25) is 0 Å². The van der Waals surface area contributed by atoms with Crippen LogP contribution in [0, 0.1) is 0 Å². The van der Waals surface area contributed by atoms with Gasteiger partial charge in [-0.3, -0.25) is 9.59 Å². The van der Waals surface area contributed by atoms with Crippen LogP contribution in [0.25, 0.3) is 0 Å². The van der Waals surface area contributed by atoms with Gasteiger partial charge in [0, 0.05) is 17.4 Å². The number of nitrogens with one attached hydrogen (secondary N) is 2. The van der Waals surface area contributed by atoms with Crippen molar-refractivity contribution in [1.29, 1.82) is 0 Å². The molecule has 20 heavy (non-hydrogen) atoms. The fourth-order valence-electron chi connectivity index (χ4n) is 2.01. The zero-order chi connectivity index (χ0) is 14.7. The quantitative estimate of drug-likeness (QED) is 0.878. The summed E-state index contributed by atoms with van der Waals surface area (Å²) in [6.45, 7) is 4.28. The Bertz CT molecular complexity index is 531. The first-order valence-corrected chi connectivity index (χ1v) is 7.29. The van der Waals surface area contributed by atoms with Gasteiger partial charge in [-0.1, -0.05) is 15.9 Å². The molecular weight excluding hydrogens is 324 g/mol. The largest absolute Gasteiger partial charge is 0.490 e. The Morgan fingerprint density at radius 2 is 2.25 bits per heavy atom. The molecule has 1 unspecified atom stereocenters. The molecule has 2 amide bonds. The number of rotatable bonds is 4. The fraction of sp³-hybridized carbons (Fsp3) is 0.429. The second-order valence-corrected chi connectivity index (χ2v) is 5.90. The predicted octanol–water partition coefficient (Wildman–Crippen LogP) is 1.85. The lowest BCUT2D eigenvalue weighted by atomic mass is 10.1. The second kappa shape index (κ2) is 6.26. The van der Waals surface area contributed by atoms with Gasteiger partial charge < -0.3 is 15.4 Å². The van der Waals surface area contributed by atoms with E-state index in [2.05, 4.69) is 26.6 Å². The van der Waals surface area contributed by atoms with Crippen LogP contribution in [0.5, 0.6) is 5.75 Å². The Kier molecular flexibility index (Phi) is 4.65. The molecule has 1 atom stereocenters. The van der Waals surface area contributed by atoms with Crippen molar-refractivity contribution in [1.82, 2.24) is 10.6 Å². The number of amides is 2. The topological polar surface area (TPSA) is 67.4 Å². The lowest BCUT2D eigenvalue weighted by Crippen LogP contribution is -2.36. The first-order valence-electron chi connectivity index (χ1n) is 6.49. The summed E-state index contributed by atoms with van der Waals surface area (Å²) in [5, 5.41) is 5.53. The minimum Gasteiger partial charge on any atom is -0.490 e. The summed E-state index contributed by atoms with van der Waals surface area (Å²) in [4.78, 5) is 23.4. The van der Waals surface area contributed by atoms with Crippen LogP contribution >= 0.6 is 15.9 Å². The van der Waals surface area contributed by atoms with Crippen LogP contribution in [0.4, 0.5) is 0 Å². The molecule has 1 aliphatic heterocycles. The summed E-state index contributed by atoms with van der Waals surface area (Å²) < 4.78 is 6.51. The number of ether oxygens (including phenoxy) is 1. The minimum absolute atomic E-state index is 0.0226. The molecule has 6 heteroatoms. The highest BCUT2D eigenvalue weighted by molar-refractivity contribution is 9.10. The van der Waals surface area contributed by atoms with E-state index in [0.717, 1.165) is 4.47 Å². The number of benzene rings is 1. The molecule has 0 bridgehead atoms. The molecule has 2 N–H and O–H groups in total. The monoisotopic (exact) mass is 340 g/mol. The van der Waals surface area contributed by atoms with Crippen LogP contribution < -0.4 is 15.4 Å². The van der Waals surface area contributed by atoms with Gasteiger partial charge in [-0.15, -0.1) is 0 Å². The van der Waals surface area contributed by atoms with E-state index in [4.69, 9.17) is 4.74 Å². The molecule has 0 aromatic heterocycles. The Balaban J connectivity index is 2.14. The maximum atomic E-state index is 12.3. The lowest BCUT2D eigenvalue weighted by Gasteiger charge is -2.16. The van der Waals surface area contributed by atoms with Crippen molar-refractivity contribution in [3.63, 3.8) is 0 Å². The third-order valence-corrected chi connectivity index (χ3v) is 3.36. The summed E-state index contributed by atoms with van der Waals surface area (Å²) in [6.07, 6.45) is 0.299. The van der Waals surface area contributed by atoms with E-state index in [0.29, 0.717) is 24.3 Å². The Morgan fingerprint density at radius 1 is 1.50 bits per heavy atom. The maximum Gasteiger partial charge on any atom is 0.255 e. The highest BCUT2D eigenvalue weighted by Gasteiger charge is 2.24. The summed E-state index contributed by atoms with van der Waals surface area (Å²) in [5.41, 5.74) is 0.473. The third kappa shape index (κ3) is 3.72. The molecule has 1 fully saturated rings. The van der Waals surface area contributed by atoms with Crippen LogP contribution in [0.1, 0.15) is 30.6 Å². The van der Waals surface area contributed by atoms with Crippen molar-refractivity contribution in [2.24, 2.45) is 0 Å². The highest BCUT2D eigenvalue weighted by Crippen LogP contribution is 2.25. The van der Waals surface area contributed by atoms with Gasteiger partial charge in [0.15, 0.2) is 0 Å². The van der Waals surface area contributed by atoms with Crippen LogP contribution in [0.3, 0.4) is 0 Å². The lowest BCUT2D eigenvalue weighted by molar-refractivity contribution is -0.119. The molecule has 108 valence electrons. The summed E-state index contributed by atoms with van der Waals surface area (Å²) in [6, 6.07) is 5.11. The molecule has 5 nitrogen and oxygen atoms in total. The van der Waals surface area contributed by atoms with E-state index in [1.165, 1.54) is 0 Å². The summed E-state index contributed by atoms with van der Waals surface area (Å²) in [5.74, 6) is 0.267. The zero-order valence-electron chi connectivity index (χ0n) is 11.4. The van der Waals surface area contributed by atoms with Crippen molar-refractivity contribution in [3.05, 3.63) is 28.2 Å². The highest BCUT2D eigenvalue weighted by atomic mass is 79.9. The molecule has 0 radical (unpaired) electrons. The third-order valence-electron chi connectivity index (χ3n) is 2.86. The standard InChI is InChI=1S/C14H17BrN2O3/c1-8(2)20-12-5-9(15)3-4-11(12)14(19)17-10-6-13(18)16-7-10/h3-5,8,10H,6-7H2,1-2H3,(H,16,18)(H,17,19). The Hall–Kier alpha value is -1.56. The molecular formula is C14H17BrN2O3. The van der Waals surface area contributed by atoms with Crippen LogP contribution in [0.15, 0.2) is 22.7 Å². The van der Waals surface area contributed by atoms with Crippen LogP contribution in [-0.4, -0.2) is 30.5 Å². The Labute approximate surface area is 126 Å². The molecule has 1 saturated heterocycles. The van der Waals surface area contributed by atoms with Gasteiger partial charge in [0.1, 0.15) is 5.75 Å². The van der Waals surface area contributed by atoms with Crippen molar-refractivity contribution >= 4 is 27.7 Å². The van der Waals surface area contributed by atoms with E-state index < -0.39 is 0 Å². The molecule has 0 spiro atoms. The smallest absolute Gasteiger partial charge is 0.255 e. The number of carbonyl (C=O) groups excluding carboxylic acids is 2. The molecule has 0 saturated carbocycles. The Morgan fingerprint density at radius 3 is 2.85 bits per heavy atom. The van der Waals surface area contributed by atoms with Gasteiger partial charge in [-0.05, 0) is 32.0 Å². The van der Waals surface area contributed by atoms with Gasteiger partial charge >= 0.3 is 0 Å². The molecule has 1 heterocycles. The molecule has 0 aliphatic carbocycles. The van der Waals surface area contributed by atoms with E-state index in [9.17, 15) is 9.59 Å². The van der Waals surface area contributed by atoms with Crippen molar-refractivity contribution < 1.29 is 14.3 Å². The minimum atomic E-state index is -0.227. The van der Waals surface area contributed by atoms with E-state index in [1.807, 2.05) is 13.8 Å². The SMILES string of the molecule is CC(C)Oc1cc(Br)ccc1C(=O)NC1CNC(=O)C1. The van der Waals surface area contributed by atoms with E-state index in [1.54, 1.807) is 18.2 Å². The van der Waals surface area contributed by atoms with Crippen molar-refractivity contribution in [3.8, 4) is 5.75 Å². The maximum absolute atomic E-state index is 12.3. The van der Waals surface area contributed by atoms with Gasteiger partial charge in [-0.2, -0.15) is 0 Å². The fourth-order valence-corrected chi connectivity index (χ4v) is 2.35. The van der Waals surface area contributed by atoms with Gasteiger partial charge in [0.05, 0.1) is 17.7 Å². The average molecular weight is 341 g/mol. The van der Waals surface area contributed by atoms with Gasteiger partial charge in [-0.25, -0.2) is 0 Å². The summed E-state index contributed by atoms with van der Waals surface area (Å²) in [7, 11) is 0. The van der Waals surface area contributed by atoms with E-state index >= 15 is 0 Å². The number of halogens is 1. The van der Waals surface area contributed by atoms with Crippen molar-refractivity contribution in [2.45, 2.75) is 32.4 Å². The number of hydrogen-bond acceptors (Lipinski definition) is 3. The average Bonchev–Trinajstić information content (AvgIpc) is 2.73. The van der Waals surface area contributed by atoms with Crippen LogP contribution in [-0.2, 0) is 4.79 Å².